The van der Waals surface area contributed by atoms with Crippen LogP contribution in [0.4, 0.5) is 0 Å². The van der Waals surface area contributed by atoms with Crippen molar-refractivity contribution < 1.29 is 94.8 Å². The maximum atomic E-state index is 12.1. The molecule has 25 atom stereocenters. The normalized spacial score (nSPS) is 55.6. The molecule has 0 aromatic rings. The molecule has 0 aromatic carbocycles. The van der Waals surface area contributed by atoms with Gasteiger partial charge in [-0.25, -0.2) is 0 Å². The quantitative estimate of drug-likeness (QED) is 0.105. The number of fused-ring (bicyclic) bond motifs is 6. The minimum atomic E-state index is -1.83. The van der Waals surface area contributed by atoms with Gasteiger partial charge in [-0.15, -0.1) is 0 Å². The first kappa shape index (κ1) is 52.1. The first-order chi connectivity index (χ1) is 31.4. The van der Waals surface area contributed by atoms with Crippen LogP contribution in [0.5, 0.6) is 0 Å². The van der Waals surface area contributed by atoms with Crippen LogP contribution in [0.2, 0.25) is 0 Å². The van der Waals surface area contributed by atoms with Crippen molar-refractivity contribution in [2.75, 3.05) is 33.0 Å². The van der Waals surface area contributed by atoms with Gasteiger partial charge in [0, 0.05) is 22.9 Å². The average Bonchev–Trinajstić information content (AvgIpc) is 3.30. The summed E-state index contributed by atoms with van der Waals surface area (Å²) < 4.78 is 36.0. The lowest BCUT2D eigenvalue weighted by Crippen LogP contribution is -2.67. The number of allylic oxidation sites excluding steroid dienone is 3. The SMILES string of the molecule is C[C@@H]1O[C@@H](O[C@H]2[C@H](O)[C@@H](O)[C@H](O[C@H]3CC[C@@]4(C)[C@@H](CC[C@]5(C)[C@@H]4C=CC4=C6C[C@@](C)(CO)CC[C@]6(CO)[C@H](O)C[C@]45C)[C@]3(C)CO)O[C@@H]2CO[C@@H]2O[C@H](CO)[C@@H](O)[C@H](O)[C@H]2O)[C@H](O)[C@H](O)[C@H]1O. The second kappa shape index (κ2) is 18.6. The predicted molar refractivity (Wildman–Crippen MR) is 233 cm³/mol. The van der Waals surface area contributed by atoms with E-state index in [4.69, 9.17) is 28.4 Å². The summed E-state index contributed by atoms with van der Waals surface area (Å²) in [6.45, 7) is 10.5. The summed E-state index contributed by atoms with van der Waals surface area (Å²) in [5.41, 5.74) is -1.05. The van der Waals surface area contributed by atoms with Crippen LogP contribution in [0.15, 0.2) is 23.3 Å². The summed E-state index contributed by atoms with van der Waals surface area (Å²) in [6.07, 6.45) is -16.1. The third-order valence-electron chi connectivity index (χ3n) is 19.2. The maximum Gasteiger partial charge on any atom is 0.187 e. The summed E-state index contributed by atoms with van der Waals surface area (Å²) in [6, 6.07) is 0. The zero-order valence-corrected chi connectivity index (χ0v) is 39.6. The summed E-state index contributed by atoms with van der Waals surface area (Å²) in [5.74, 6) is -0.121. The molecule has 67 heavy (non-hydrogen) atoms. The standard InChI is InChI=1S/C48H78O19/c1-22-31(54)33(56)37(60)41(63-22)67-39-26(18-62-40-36(59)34(57)32(55)25(17-49)64-40)65-42(38(61)35(39)58)66-30-10-11-44(3)27(45(30,4)20-51)9-12-46(5)28(44)8-7-23-24-15-43(2,19-50)13-14-48(24,21-52)29(53)16-47(23,46)6/h7-8,22,25-42,49-61H,9-21H2,1-6H3/t22-,25+,26+,27+,28+,29+,30-,31-,32+,33+,34-,35+,36+,37+,38+,39+,40+,41-,42-,43-,44-,45-,46+,47+,48+/m0/s1. The van der Waals surface area contributed by atoms with Crippen molar-refractivity contribution in [3.05, 3.63) is 23.3 Å². The molecule has 0 bridgehead atoms. The largest absolute Gasteiger partial charge is 0.396 e. The van der Waals surface area contributed by atoms with E-state index >= 15 is 0 Å². The van der Waals surface area contributed by atoms with Gasteiger partial charge in [0.25, 0.3) is 0 Å². The van der Waals surface area contributed by atoms with Crippen LogP contribution in [0.3, 0.4) is 0 Å². The maximum absolute atomic E-state index is 12.1. The van der Waals surface area contributed by atoms with Crippen LogP contribution in [0, 0.1) is 44.3 Å². The van der Waals surface area contributed by atoms with Crippen LogP contribution in [-0.4, -0.2) is 204 Å². The molecule has 0 spiro atoms. The molecule has 384 valence electrons. The van der Waals surface area contributed by atoms with E-state index in [0.717, 1.165) is 17.6 Å². The Morgan fingerprint density at radius 3 is 1.94 bits per heavy atom. The highest BCUT2D eigenvalue weighted by molar-refractivity contribution is 5.47. The fourth-order valence-electron chi connectivity index (χ4n) is 14.5. The third-order valence-corrected chi connectivity index (χ3v) is 19.2. The second-order valence-corrected chi connectivity index (χ2v) is 22.9. The Labute approximate surface area is 391 Å². The Balaban J connectivity index is 1.06. The molecular formula is C48H78O19. The molecule has 3 saturated heterocycles. The molecule has 6 fully saturated rings. The van der Waals surface area contributed by atoms with E-state index in [1.165, 1.54) is 6.92 Å². The number of rotatable bonds is 11. The Bertz CT molecular complexity index is 1840. The molecule has 8 rings (SSSR count). The van der Waals surface area contributed by atoms with E-state index in [9.17, 15) is 66.4 Å². The number of aliphatic hydroxyl groups is 13. The third kappa shape index (κ3) is 8.06. The number of aliphatic hydroxyl groups excluding tert-OH is 13. The van der Waals surface area contributed by atoms with E-state index in [1.807, 2.05) is 6.92 Å². The number of hydrogen-bond acceptors (Lipinski definition) is 19. The van der Waals surface area contributed by atoms with E-state index < -0.39 is 134 Å². The van der Waals surface area contributed by atoms with Gasteiger partial charge in [-0.2, -0.15) is 0 Å². The van der Waals surface area contributed by atoms with E-state index in [-0.39, 0.29) is 47.9 Å². The molecule has 3 aliphatic heterocycles. The van der Waals surface area contributed by atoms with Crippen molar-refractivity contribution in [2.45, 2.75) is 197 Å². The Morgan fingerprint density at radius 2 is 1.28 bits per heavy atom. The average molecular weight is 959 g/mol. The molecule has 3 heterocycles. The van der Waals surface area contributed by atoms with Crippen molar-refractivity contribution in [2.24, 2.45) is 44.3 Å². The fraction of sp³-hybridized carbons (Fsp3) is 0.917. The van der Waals surface area contributed by atoms with E-state index in [0.29, 0.717) is 44.9 Å². The summed E-state index contributed by atoms with van der Waals surface area (Å²) in [5, 5.41) is 141. The second-order valence-electron chi connectivity index (χ2n) is 22.9. The highest BCUT2D eigenvalue weighted by atomic mass is 16.8. The van der Waals surface area contributed by atoms with Crippen LogP contribution in [0.1, 0.15) is 92.9 Å². The van der Waals surface area contributed by atoms with Crippen LogP contribution in [-0.2, 0) is 28.4 Å². The Hall–Kier alpha value is -1.28. The molecule has 5 aliphatic carbocycles. The predicted octanol–water partition coefficient (Wildman–Crippen LogP) is -1.52. The molecule has 19 nitrogen and oxygen atoms in total. The highest BCUT2D eigenvalue weighted by Gasteiger charge is 2.69. The van der Waals surface area contributed by atoms with Crippen molar-refractivity contribution in [1.82, 2.24) is 0 Å². The Morgan fingerprint density at radius 1 is 0.642 bits per heavy atom. The highest BCUT2D eigenvalue weighted by Crippen LogP contribution is 2.74. The molecule has 13 N–H and O–H groups in total. The lowest BCUT2D eigenvalue weighted by atomic mass is 9.35. The van der Waals surface area contributed by atoms with Crippen LogP contribution >= 0.6 is 0 Å². The van der Waals surface area contributed by atoms with Crippen molar-refractivity contribution in [1.29, 1.82) is 0 Å². The molecule has 0 amide bonds. The van der Waals surface area contributed by atoms with E-state index in [1.54, 1.807) is 0 Å². The van der Waals surface area contributed by atoms with Crippen molar-refractivity contribution in [3.63, 3.8) is 0 Å². The van der Waals surface area contributed by atoms with Gasteiger partial charge < -0.3 is 94.8 Å². The number of ether oxygens (including phenoxy) is 6. The summed E-state index contributed by atoms with van der Waals surface area (Å²) in [7, 11) is 0. The zero-order valence-electron chi connectivity index (χ0n) is 39.6. The van der Waals surface area contributed by atoms with Gasteiger partial charge in [0.15, 0.2) is 18.9 Å². The zero-order chi connectivity index (χ0) is 49.0. The van der Waals surface area contributed by atoms with Gasteiger partial charge in [-0.3, -0.25) is 0 Å². The van der Waals surface area contributed by atoms with Crippen molar-refractivity contribution >= 4 is 0 Å². The van der Waals surface area contributed by atoms with Crippen LogP contribution < -0.4 is 0 Å². The number of hydrogen-bond donors (Lipinski definition) is 13. The molecular weight excluding hydrogens is 881 g/mol. The van der Waals surface area contributed by atoms with Gasteiger partial charge in [-0.1, -0.05) is 52.3 Å². The first-order valence-electron chi connectivity index (χ1n) is 24.3. The molecule has 19 heteroatoms. The summed E-state index contributed by atoms with van der Waals surface area (Å²) in [4.78, 5) is 0. The van der Waals surface area contributed by atoms with Gasteiger partial charge in [0.1, 0.15) is 67.1 Å². The van der Waals surface area contributed by atoms with Gasteiger partial charge in [0.05, 0.1) is 44.7 Å². The van der Waals surface area contributed by atoms with Gasteiger partial charge in [0.2, 0.25) is 0 Å². The molecule has 0 unspecified atom stereocenters. The smallest absolute Gasteiger partial charge is 0.187 e. The minimum Gasteiger partial charge on any atom is -0.396 e. The molecule has 0 aromatic heterocycles. The molecule has 3 saturated carbocycles. The summed E-state index contributed by atoms with van der Waals surface area (Å²) >= 11 is 0. The van der Waals surface area contributed by atoms with Crippen LogP contribution in [0.25, 0.3) is 0 Å². The topological polar surface area (TPSA) is 318 Å². The molecule has 8 aliphatic rings. The Kier molecular flexibility index (Phi) is 14.5. The lowest BCUT2D eigenvalue weighted by molar-refractivity contribution is -0.374. The van der Waals surface area contributed by atoms with Crippen molar-refractivity contribution in [3.8, 4) is 0 Å². The van der Waals surface area contributed by atoms with Gasteiger partial charge >= 0.3 is 0 Å². The first-order valence-corrected chi connectivity index (χ1v) is 24.3. The van der Waals surface area contributed by atoms with Gasteiger partial charge in [-0.05, 0) is 91.9 Å². The van der Waals surface area contributed by atoms with E-state index in [2.05, 4.69) is 39.8 Å². The monoisotopic (exact) mass is 959 g/mol. The lowest BCUT2D eigenvalue weighted by Gasteiger charge is -2.70. The minimum absolute atomic E-state index is 0.00136. The fourth-order valence-corrected chi connectivity index (χ4v) is 14.5. The molecule has 0 radical (unpaired) electrons.